The second-order valence-corrected chi connectivity index (χ2v) is 5.12. The van der Waals surface area contributed by atoms with Crippen LogP contribution in [0.1, 0.15) is 18.7 Å². The van der Waals surface area contributed by atoms with E-state index in [4.69, 9.17) is 5.11 Å². The van der Waals surface area contributed by atoms with Gasteiger partial charge in [-0.25, -0.2) is 4.79 Å². The lowest BCUT2D eigenvalue weighted by atomic mass is 10.1. The maximum atomic E-state index is 12.5. The Kier molecular flexibility index (Phi) is 3.74. The first-order valence-corrected chi connectivity index (χ1v) is 6.83. The van der Waals surface area contributed by atoms with Gasteiger partial charge in [0.05, 0.1) is 0 Å². The maximum absolute atomic E-state index is 12.5. The van der Waals surface area contributed by atoms with Gasteiger partial charge in [0.15, 0.2) is 0 Å². The molecule has 1 atom stereocenters. The number of anilines is 1. The molecule has 24 heavy (non-hydrogen) atoms. The van der Waals surface area contributed by atoms with Crippen LogP contribution < -0.4 is 4.90 Å². The molecule has 10 heteroatoms. The van der Waals surface area contributed by atoms with Crippen LogP contribution in [0.3, 0.4) is 0 Å². The van der Waals surface area contributed by atoms with Crippen LogP contribution in [-0.2, 0) is 15.8 Å². The van der Waals surface area contributed by atoms with E-state index in [0.717, 1.165) is 4.90 Å². The van der Waals surface area contributed by atoms with E-state index in [-0.39, 0.29) is 30.1 Å². The summed E-state index contributed by atoms with van der Waals surface area (Å²) in [5.41, 5.74) is 0.588. The highest BCUT2D eigenvalue weighted by molar-refractivity contribution is 6.02. The van der Waals surface area contributed by atoms with Gasteiger partial charge in [0.1, 0.15) is 6.04 Å². The van der Waals surface area contributed by atoms with Crippen molar-refractivity contribution in [2.24, 2.45) is 0 Å². The Morgan fingerprint density at radius 3 is 2.50 bits per heavy atom. The molecule has 0 saturated carbocycles. The number of alkyl halides is 3. The Hall–Kier alpha value is -2.91. The molecule has 1 aliphatic rings. The summed E-state index contributed by atoms with van der Waals surface area (Å²) in [6.07, 6.45) is -4.41. The summed E-state index contributed by atoms with van der Waals surface area (Å²) in [5.74, 6) is -3.15. The van der Waals surface area contributed by atoms with E-state index in [2.05, 4.69) is 14.7 Å². The van der Waals surface area contributed by atoms with Crippen LogP contribution in [-0.4, -0.2) is 33.2 Å². The van der Waals surface area contributed by atoms with E-state index < -0.39 is 24.1 Å². The number of nitrogens with zero attached hydrogens (tertiary/aromatic N) is 3. The lowest BCUT2D eigenvalue weighted by molar-refractivity contribution is -0.159. The van der Waals surface area contributed by atoms with Crippen molar-refractivity contribution in [3.8, 4) is 11.4 Å². The normalized spacial score (nSPS) is 18.2. The van der Waals surface area contributed by atoms with Gasteiger partial charge >= 0.3 is 18.0 Å². The zero-order chi connectivity index (χ0) is 17.5. The average molecular weight is 341 g/mol. The number of halogens is 3. The summed E-state index contributed by atoms with van der Waals surface area (Å²) < 4.78 is 41.5. The first-order chi connectivity index (χ1) is 11.3. The van der Waals surface area contributed by atoms with Crippen LogP contribution in [0.5, 0.6) is 0 Å². The second-order valence-electron chi connectivity index (χ2n) is 5.12. The SMILES string of the molecule is O=C(O)C1CCC(=O)N1c1ccc(-c2noc(C(F)(F)F)n2)cc1. The Morgan fingerprint density at radius 2 is 1.96 bits per heavy atom. The van der Waals surface area contributed by atoms with E-state index in [1.165, 1.54) is 24.3 Å². The van der Waals surface area contributed by atoms with E-state index in [1.54, 1.807) is 0 Å². The van der Waals surface area contributed by atoms with Gasteiger partial charge in [-0.1, -0.05) is 5.16 Å². The Balaban J connectivity index is 1.87. The summed E-state index contributed by atoms with van der Waals surface area (Å²) in [6.45, 7) is 0. The van der Waals surface area contributed by atoms with E-state index in [1.807, 2.05) is 0 Å². The second kappa shape index (κ2) is 5.62. The molecule has 0 radical (unpaired) electrons. The molecule has 2 aromatic rings. The predicted molar refractivity (Wildman–Crippen MR) is 72.9 cm³/mol. The summed E-state index contributed by atoms with van der Waals surface area (Å²) in [6, 6.07) is 4.69. The molecular formula is C14H10F3N3O4. The number of carbonyl (C=O) groups is 2. The molecule has 0 bridgehead atoms. The third-order valence-corrected chi connectivity index (χ3v) is 3.57. The molecule has 1 aliphatic heterocycles. The minimum Gasteiger partial charge on any atom is -0.480 e. The van der Waals surface area contributed by atoms with Crippen molar-refractivity contribution in [2.75, 3.05) is 4.90 Å². The lowest BCUT2D eigenvalue weighted by Crippen LogP contribution is -2.38. The number of benzene rings is 1. The number of hydrogen-bond acceptors (Lipinski definition) is 5. The molecule has 2 heterocycles. The fourth-order valence-corrected chi connectivity index (χ4v) is 2.47. The van der Waals surface area contributed by atoms with Crippen molar-refractivity contribution in [1.82, 2.24) is 10.1 Å². The molecule has 1 N–H and O–H groups in total. The smallest absolute Gasteiger partial charge is 0.471 e. The molecule has 3 rings (SSSR count). The van der Waals surface area contributed by atoms with Gasteiger partial charge in [0.25, 0.3) is 0 Å². The quantitative estimate of drug-likeness (QED) is 0.920. The number of carboxylic acid groups (broad SMARTS) is 1. The third-order valence-electron chi connectivity index (χ3n) is 3.57. The van der Waals surface area contributed by atoms with Crippen molar-refractivity contribution in [3.63, 3.8) is 0 Å². The van der Waals surface area contributed by atoms with E-state index in [0.29, 0.717) is 5.69 Å². The highest BCUT2D eigenvalue weighted by Crippen LogP contribution is 2.31. The Labute approximate surface area is 132 Å². The molecule has 1 fully saturated rings. The number of carbonyl (C=O) groups excluding carboxylic acids is 1. The molecule has 0 spiro atoms. The standard InChI is InChI=1S/C14H10F3N3O4/c15-14(16,17)13-18-11(19-24-13)7-1-3-8(4-2-7)20-9(12(22)23)5-6-10(20)21/h1-4,9H,5-6H2,(H,22,23). The van der Waals surface area contributed by atoms with Gasteiger partial charge in [0, 0.05) is 17.7 Å². The van der Waals surface area contributed by atoms with Crippen LogP contribution in [0.4, 0.5) is 18.9 Å². The lowest BCUT2D eigenvalue weighted by Gasteiger charge is -2.21. The largest absolute Gasteiger partial charge is 0.480 e. The van der Waals surface area contributed by atoms with Crippen LogP contribution in [0.2, 0.25) is 0 Å². The van der Waals surface area contributed by atoms with Gasteiger partial charge in [-0.3, -0.25) is 9.69 Å². The summed E-state index contributed by atoms with van der Waals surface area (Å²) in [5, 5.41) is 12.4. The van der Waals surface area contributed by atoms with Crippen LogP contribution in [0.25, 0.3) is 11.4 Å². The third kappa shape index (κ3) is 2.82. The molecule has 1 unspecified atom stereocenters. The minimum absolute atomic E-state index is 0.124. The van der Waals surface area contributed by atoms with Gasteiger partial charge in [0.2, 0.25) is 11.7 Å². The van der Waals surface area contributed by atoms with E-state index >= 15 is 0 Å². The van der Waals surface area contributed by atoms with Crippen molar-refractivity contribution in [1.29, 1.82) is 0 Å². The molecule has 1 amide bonds. The molecule has 1 aromatic heterocycles. The van der Waals surface area contributed by atoms with Crippen molar-refractivity contribution in [3.05, 3.63) is 30.2 Å². The van der Waals surface area contributed by atoms with Crippen molar-refractivity contribution < 1.29 is 32.4 Å². The zero-order valence-electron chi connectivity index (χ0n) is 11.9. The monoisotopic (exact) mass is 341 g/mol. The Morgan fingerprint density at radius 1 is 1.29 bits per heavy atom. The number of aliphatic carboxylic acids is 1. The maximum Gasteiger partial charge on any atom is 0.471 e. The van der Waals surface area contributed by atoms with Crippen molar-refractivity contribution in [2.45, 2.75) is 25.1 Å². The van der Waals surface area contributed by atoms with Crippen molar-refractivity contribution >= 4 is 17.6 Å². The first-order valence-electron chi connectivity index (χ1n) is 6.83. The number of hydrogen-bond donors (Lipinski definition) is 1. The van der Waals surface area contributed by atoms with Gasteiger partial charge in [-0.2, -0.15) is 18.2 Å². The average Bonchev–Trinajstić information content (AvgIpc) is 3.13. The number of amides is 1. The fraction of sp³-hybridized carbons (Fsp3) is 0.286. The molecule has 7 nitrogen and oxygen atoms in total. The first kappa shape index (κ1) is 16.0. The molecule has 126 valence electrons. The van der Waals surface area contributed by atoms with E-state index in [9.17, 15) is 22.8 Å². The topological polar surface area (TPSA) is 96.5 Å². The van der Waals surface area contributed by atoms with Gasteiger partial charge in [-0.05, 0) is 30.7 Å². The number of carboxylic acids is 1. The highest BCUT2D eigenvalue weighted by atomic mass is 19.4. The summed E-state index contributed by atoms with van der Waals surface area (Å²) in [4.78, 5) is 27.5. The highest BCUT2D eigenvalue weighted by Gasteiger charge is 2.39. The summed E-state index contributed by atoms with van der Waals surface area (Å²) >= 11 is 0. The Bertz CT molecular complexity index is 785. The zero-order valence-corrected chi connectivity index (χ0v) is 11.9. The van der Waals surface area contributed by atoms with Crippen LogP contribution >= 0.6 is 0 Å². The van der Waals surface area contributed by atoms with Gasteiger partial charge < -0.3 is 9.63 Å². The predicted octanol–water partition coefficient (Wildman–Crippen LogP) is 2.34. The molecule has 1 saturated heterocycles. The fourth-order valence-electron chi connectivity index (χ4n) is 2.47. The molecular weight excluding hydrogens is 331 g/mol. The molecule has 1 aromatic carbocycles. The summed E-state index contributed by atoms with van der Waals surface area (Å²) in [7, 11) is 0. The van der Waals surface area contributed by atoms with Gasteiger partial charge in [-0.15, -0.1) is 0 Å². The molecule has 0 aliphatic carbocycles. The number of rotatable bonds is 3. The van der Waals surface area contributed by atoms with Crippen LogP contribution in [0, 0.1) is 0 Å². The number of aromatic nitrogens is 2. The minimum atomic E-state index is -4.73. The van der Waals surface area contributed by atoms with Crippen LogP contribution in [0.15, 0.2) is 28.8 Å².